The fourth-order valence-electron chi connectivity index (χ4n) is 2.09. The Morgan fingerprint density at radius 3 is 2.35 bits per heavy atom. The number of aryl methyl sites for hydroxylation is 1. The standard InChI is InChI=1S/C16H24N2O5/c1-6-9(3)17-12(19)8-23-15(20)13-10(4)14(18-11(13)5)16(21)22-7-2/h9,18H,6-8H2,1-5H3,(H,17,19)/t9-/m1/s1. The lowest BCUT2D eigenvalue weighted by atomic mass is 10.1. The second-order valence-corrected chi connectivity index (χ2v) is 5.30. The van der Waals surface area contributed by atoms with Crippen molar-refractivity contribution < 1.29 is 23.9 Å². The van der Waals surface area contributed by atoms with Gasteiger partial charge in [-0.3, -0.25) is 4.79 Å². The molecule has 0 unspecified atom stereocenters. The van der Waals surface area contributed by atoms with E-state index in [1.54, 1.807) is 20.8 Å². The number of hydrogen-bond donors (Lipinski definition) is 2. The van der Waals surface area contributed by atoms with Crippen molar-refractivity contribution in [1.82, 2.24) is 10.3 Å². The molecule has 1 aromatic heterocycles. The summed E-state index contributed by atoms with van der Waals surface area (Å²) in [6.45, 7) is 8.69. The first-order valence-electron chi connectivity index (χ1n) is 7.64. The van der Waals surface area contributed by atoms with Crippen LogP contribution < -0.4 is 5.32 Å². The Kier molecular flexibility index (Phi) is 6.81. The zero-order valence-electron chi connectivity index (χ0n) is 14.2. The fourth-order valence-corrected chi connectivity index (χ4v) is 2.09. The summed E-state index contributed by atoms with van der Waals surface area (Å²) in [5, 5.41) is 2.71. The summed E-state index contributed by atoms with van der Waals surface area (Å²) in [6.07, 6.45) is 0.790. The second kappa shape index (κ2) is 8.36. The van der Waals surface area contributed by atoms with Crippen LogP contribution in [0.15, 0.2) is 0 Å². The first-order valence-corrected chi connectivity index (χ1v) is 7.64. The fraction of sp³-hybridized carbons (Fsp3) is 0.562. The zero-order chi connectivity index (χ0) is 17.6. The van der Waals surface area contributed by atoms with E-state index in [0.29, 0.717) is 11.3 Å². The van der Waals surface area contributed by atoms with Gasteiger partial charge in [0.05, 0.1) is 12.2 Å². The van der Waals surface area contributed by atoms with E-state index in [-0.39, 0.29) is 36.4 Å². The highest BCUT2D eigenvalue weighted by Gasteiger charge is 2.24. The smallest absolute Gasteiger partial charge is 0.355 e. The zero-order valence-corrected chi connectivity index (χ0v) is 14.2. The largest absolute Gasteiger partial charge is 0.461 e. The predicted octanol–water partition coefficient (Wildman–Crippen LogP) is 1.88. The van der Waals surface area contributed by atoms with Crippen molar-refractivity contribution in [3.63, 3.8) is 0 Å². The Morgan fingerprint density at radius 1 is 1.13 bits per heavy atom. The van der Waals surface area contributed by atoms with Gasteiger partial charge >= 0.3 is 11.9 Å². The SMILES string of the molecule is CCOC(=O)c1[nH]c(C)c(C(=O)OCC(=O)N[C@H](C)CC)c1C. The predicted molar refractivity (Wildman–Crippen MR) is 84.4 cm³/mol. The number of ether oxygens (including phenoxy) is 2. The molecule has 128 valence electrons. The molecule has 1 rings (SSSR count). The highest BCUT2D eigenvalue weighted by Crippen LogP contribution is 2.19. The van der Waals surface area contributed by atoms with Gasteiger partial charge in [0.1, 0.15) is 5.69 Å². The molecule has 0 spiro atoms. The Balaban J connectivity index is 2.77. The summed E-state index contributed by atoms with van der Waals surface area (Å²) in [6, 6.07) is 0.0207. The van der Waals surface area contributed by atoms with E-state index in [9.17, 15) is 14.4 Å². The number of rotatable bonds is 7. The summed E-state index contributed by atoms with van der Waals surface area (Å²) in [4.78, 5) is 38.4. The minimum absolute atomic E-state index is 0.0207. The second-order valence-electron chi connectivity index (χ2n) is 5.30. The lowest BCUT2D eigenvalue weighted by molar-refractivity contribution is -0.124. The molecule has 7 nitrogen and oxygen atoms in total. The summed E-state index contributed by atoms with van der Waals surface area (Å²) in [5.74, 6) is -1.53. The topological polar surface area (TPSA) is 97.5 Å². The molecule has 0 aliphatic heterocycles. The summed E-state index contributed by atoms with van der Waals surface area (Å²) >= 11 is 0. The van der Waals surface area contributed by atoms with Crippen LogP contribution in [0.1, 0.15) is 59.3 Å². The van der Waals surface area contributed by atoms with Gasteiger partial charge in [-0.25, -0.2) is 9.59 Å². The molecule has 0 saturated heterocycles. The average Bonchev–Trinajstić information content (AvgIpc) is 2.80. The molecule has 0 bridgehead atoms. The van der Waals surface area contributed by atoms with Crippen LogP contribution in [0.2, 0.25) is 0 Å². The average molecular weight is 324 g/mol. The molecule has 1 heterocycles. The maximum absolute atomic E-state index is 12.2. The number of amides is 1. The monoisotopic (exact) mass is 324 g/mol. The third kappa shape index (κ3) is 4.84. The minimum atomic E-state index is -0.647. The normalized spacial score (nSPS) is 11.7. The first-order chi connectivity index (χ1) is 10.8. The maximum Gasteiger partial charge on any atom is 0.355 e. The molecule has 0 aliphatic carbocycles. The van der Waals surface area contributed by atoms with Gasteiger partial charge in [0.25, 0.3) is 5.91 Å². The van der Waals surface area contributed by atoms with E-state index in [2.05, 4.69) is 10.3 Å². The Bertz CT molecular complexity index is 592. The molecule has 0 fully saturated rings. The highest BCUT2D eigenvalue weighted by molar-refractivity contribution is 5.99. The third-order valence-corrected chi connectivity index (χ3v) is 3.48. The van der Waals surface area contributed by atoms with E-state index >= 15 is 0 Å². The molecule has 23 heavy (non-hydrogen) atoms. The molecular formula is C16H24N2O5. The number of H-pyrrole nitrogens is 1. The van der Waals surface area contributed by atoms with Gasteiger partial charge in [0.15, 0.2) is 6.61 Å². The van der Waals surface area contributed by atoms with E-state index in [4.69, 9.17) is 9.47 Å². The van der Waals surface area contributed by atoms with Gasteiger partial charge in [-0.1, -0.05) is 6.92 Å². The molecule has 0 radical (unpaired) electrons. The van der Waals surface area contributed by atoms with Crippen LogP contribution in [0.4, 0.5) is 0 Å². The number of aromatic nitrogens is 1. The molecule has 7 heteroatoms. The number of carbonyl (C=O) groups is 3. The molecule has 2 N–H and O–H groups in total. The van der Waals surface area contributed by atoms with E-state index in [1.165, 1.54) is 0 Å². The first kappa shape index (κ1) is 18.7. The number of carbonyl (C=O) groups excluding carboxylic acids is 3. The van der Waals surface area contributed by atoms with Crippen molar-refractivity contribution in [2.75, 3.05) is 13.2 Å². The quantitative estimate of drug-likeness (QED) is 0.746. The number of nitrogens with one attached hydrogen (secondary N) is 2. The molecule has 1 amide bonds. The molecule has 0 aromatic carbocycles. The third-order valence-electron chi connectivity index (χ3n) is 3.48. The van der Waals surface area contributed by atoms with E-state index < -0.39 is 11.9 Å². The summed E-state index contributed by atoms with van der Waals surface area (Å²) in [7, 11) is 0. The lowest BCUT2D eigenvalue weighted by Gasteiger charge is -2.11. The van der Waals surface area contributed by atoms with Gasteiger partial charge in [0.2, 0.25) is 0 Å². The van der Waals surface area contributed by atoms with Gasteiger partial charge in [-0.05, 0) is 39.7 Å². The van der Waals surface area contributed by atoms with Crippen molar-refractivity contribution in [3.8, 4) is 0 Å². The van der Waals surface area contributed by atoms with Crippen molar-refractivity contribution in [3.05, 3.63) is 22.5 Å². The Hall–Kier alpha value is -2.31. The maximum atomic E-state index is 12.2. The van der Waals surface area contributed by atoms with Gasteiger partial charge in [-0.2, -0.15) is 0 Å². The number of esters is 2. The molecule has 1 aromatic rings. The van der Waals surface area contributed by atoms with Crippen molar-refractivity contribution >= 4 is 17.8 Å². The van der Waals surface area contributed by atoms with Crippen LogP contribution in [0, 0.1) is 13.8 Å². The van der Waals surface area contributed by atoms with Gasteiger partial charge in [-0.15, -0.1) is 0 Å². The van der Waals surface area contributed by atoms with Crippen molar-refractivity contribution in [1.29, 1.82) is 0 Å². The lowest BCUT2D eigenvalue weighted by Crippen LogP contribution is -2.35. The Morgan fingerprint density at radius 2 is 1.78 bits per heavy atom. The molecular weight excluding hydrogens is 300 g/mol. The highest BCUT2D eigenvalue weighted by atomic mass is 16.5. The van der Waals surface area contributed by atoms with Crippen LogP contribution in [0.5, 0.6) is 0 Å². The molecule has 0 saturated carbocycles. The van der Waals surface area contributed by atoms with Crippen molar-refractivity contribution in [2.24, 2.45) is 0 Å². The van der Waals surface area contributed by atoms with Crippen LogP contribution in [0.25, 0.3) is 0 Å². The van der Waals surface area contributed by atoms with Crippen LogP contribution in [0.3, 0.4) is 0 Å². The summed E-state index contributed by atoms with van der Waals surface area (Å²) in [5.41, 5.74) is 1.43. The van der Waals surface area contributed by atoms with E-state index in [0.717, 1.165) is 6.42 Å². The number of aromatic amines is 1. The molecule has 1 atom stereocenters. The number of hydrogen-bond acceptors (Lipinski definition) is 5. The van der Waals surface area contributed by atoms with Gasteiger partial charge in [0, 0.05) is 11.7 Å². The van der Waals surface area contributed by atoms with Crippen LogP contribution in [-0.2, 0) is 14.3 Å². The Labute approximate surface area is 135 Å². The van der Waals surface area contributed by atoms with Crippen LogP contribution in [-0.4, -0.2) is 42.1 Å². The summed E-state index contributed by atoms with van der Waals surface area (Å²) < 4.78 is 9.95. The van der Waals surface area contributed by atoms with Crippen LogP contribution >= 0.6 is 0 Å². The van der Waals surface area contributed by atoms with E-state index in [1.807, 2.05) is 13.8 Å². The molecule has 0 aliphatic rings. The minimum Gasteiger partial charge on any atom is -0.461 e. The van der Waals surface area contributed by atoms with Gasteiger partial charge < -0.3 is 19.8 Å². The van der Waals surface area contributed by atoms with Crippen molar-refractivity contribution in [2.45, 2.75) is 47.1 Å².